The Hall–Kier alpha value is -1.92. The predicted octanol–water partition coefficient (Wildman–Crippen LogP) is 1.90. The Morgan fingerprint density at radius 3 is 2.44 bits per heavy atom. The van der Waals surface area contributed by atoms with Crippen molar-refractivity contribution in [2.45, 2.75) is 6.18 Å². The third-order valence-corrected chi connectivity index (χ3v) is 1.98. The zero-order chi connectivity index (χ0) is 11.8. The molecule has 1 aromatic heterocycles. The van der Waals surface area contributed by atoms with Crippen molar-refractivity contribution in [2.24, 2.45) is 7.05 Å². The van der Waals surface area contributed by atoms with Gasteiger partial charge in [-0.15, -0.1) is 10.2 Å². The van der Waals surface area contributed by atoms with E-state index in [9.17, 15) is 13.2 Å². The third kappa shape index (κ3) is 1.88. The molecule has 0 fully saturated rings. The fourth-order valence-electron chi connectivity index (χ4n) is 1.32. The summed E-state index contributed by atoms with van der Waals surface area (Å²) in [7, 11) is 1.49. The minimum absolute atomic E-state index is 0.0320. The zero-order valence-corrected chi connectivity index (χ0v) is 8.23. The molecule has 4 nitrogen and oxygen atoms in total. The lowest BCUT2D eigenvalue weighted by molar-refractivity contribution is -0.137. The van der Waals surface area contributed by atoms with Crippen molar-refractivity contribution in [1.29, 1.82) is 0 Å². The molecule has 0 N–H and O–H groups in total. The lowest BCUT2D eigenvalue weighted by Gasteiger charge is -2.09. The molecular formula is C9H7F3N4. The minimum atomic E-state index is -4.42. The monoisotopic (exact) mass is 228 g/mol. The van der Waals surface area contributed by atoms with Gasteiger partial charge in [0, 0.05) is 5.56 Å². The molecule has 2 rings (SSSR count). The van der Waals surface area contributed by atoms with Crippen LogP contribution in [0.1, 0.15) is 5.56 Å². The topological polar surface area (TPSA) is 43.6 Å². The van der Waals surface area contributed by atoms with Gasteiger partial charge in [0.2, 0.25) is 5.82 Å². The minimum Gasteiger partial charge on any atom is -0.167 e. The van der Waals surface area contributed by atoms with Crippen LogP contribution in [0.5, 0.6) is 0 Å². The van der Waals surface area contributed by atoms with E-state index in [1.54, 1.807) is 0 Å². The molecule has 0 aliphatic rings. The van der Waals surface area contributed by atoms with Gasteiger partial charge in [-0.1, -0.05) is 18.2 Å². The summed E-state index contributed by atoms with van der Waals surface area (Å²) < 4.78 is 38.0. The third-order valence-electron chi connectivity index (χ3n) is 1.98. The Balaban J connectivity index is 2.57. The number of alkyl halides is 3. The van der Waals surface area contributed by atoms with Gasteiger partial charge in [-0.3, -0.25) is 0 Å². The predicted molar refractivity (Wildman–Crippen MR) is 49.2 cm³/mol. The SMILES string of the molecule is Cn1nnc(-c2ccccc2C(F)(F)F)n1. The van der Waals surface area contributed by atoms with E-state index in [0.29, 0.717) is 0 Å². The van der Waals surface area contributed by atoms with Crippen LogP contribution in [0.3, 0.4) is 0 Å². The van der Waals surface area contributed by atoms with Crippen LogP contribution < -0.4 is 0 Å². The molecule has 0 bridgehead atoms. The Bertz CT molecular complexity index is 503. The summed E-state index contributed by atoms with van der Waals surface area (Å²) in [5.74, 6) is -0.0320. The number of benzene rings is 1. The smallest absolute Gasteiger partial charge is 0.167 e. The number of rotatable bonds is 1. The highest BCUT2D eigenvalue weighted by atomic mass is 19.4. The largest absolute Gasteiger partial charge is 0.417 e. The maximum Gasteiger partial charge on any atom is 0.417 e. The highest BCUT2D eigenvalue weighted by Gasteiger charge is 2.34. The van der Waals surface area contributed by atoms with Gasteiger partial charge >= 0.3 is 6.18 Å². The number of hydrogen-bond acceptors (Lipinski definition) is 3. The Kier molecular flexibility index (Phi) is 2.37. The molecular weight excluding hydrogens is 221 g/mol. The van der Waals surface area contributed by atoms with E-state index in [0.717, 1.165) is 10.9 Å². The second-order valence-electron chi connectivity index (χ2n) is 3.15. The molecule has 84 valence electrons. The summed E-state index contributed by atoms with van der Waals surface area (Å²) in [6.45, 7) is 0. The normalized spacial score (nSPS) is 11.8. The average molecular weight is 228 g/mol. The molecule has 1 aromatic carbocycles. The van der Waals surface area contributed by atoms with Gasteiger partial charge in [-0.2, -0.15) is 18.0 Å². The maximum absolute atomic E-state index is 12.7. The molecule has 0 radical (unpaired) electrons. The van der Waals surface area contributed by atoms with Gasteiger partial charge in [-0.25, -0.2) is 0 Å². The van der Waals surface area contributed by atoms with Crippen molar-refractivity contribution in [3.63, 3.8) is 0 Å². The van der Waals surface area contributed by atoms with E-state index in [-0.39, 0.29) is 11.4 Å². The first-order chi connectivity index (χ1) is 7.48. The van der Waals surface area contributed by atoms with Crippen LogP contribution in [0.25, 0.3) is 11.4 Å². The van der Waals surface area contributed by atoms with E-state index < -0.39 is 11.7 Å². The average Bonchev–Trinajstić information content (AvgIpc) is 2.64. The van der Waals surface area contributed by atoms with Gasteiger partial charge in [0.15, 0.2) is 0 Å². The van der Waals surface area contributed by atoms with Crippen molar-refractivity contribution < 1.29 is 13.2 Å². The van der Waals surface area contributed by atoms with Gasteiger partial charge in [0.1, 0.15) is 0 Å². The number of aryl methyl sites for hydroxylation is 1. The Morgan fingerprint density at radius 1 is 1.19 bits per heavy atom. The highest BCUT2D eigenvalue weighted by Crippen LogP contribution is 2.35. The summed E-state index contributed by atoms with van der Waals surface area (Å²) in [5.41, 5.74) is -0.828. The first kappa shape index (κ1) is 10.6. The molecule has 0 saturated heterocycles. The van der Waals surface area contributed by atoms with Crippen molar-refractivity contribution in [3.8, 4) is 11.4 Å². The first-order valence-electron chi connectivity index (χ1n) is 4.39. The molecule has 1 heterocycles. The lowest BCUT2D eigenvalue weighted by Crippen LogP contribution is -2.07. The van der Waals surface area contributed by atoms with E-state index in [1.165, 1.54) is 25.2 Å². The van der Waals surface area contributed by atoms with Crippen LogP contribution in [0.4, 0.5) is 13.2 Å². The highest BCUT2D eigenvalue weighted by molar-refractivity contribution is 5.60. The fourth-order valence-corrected chi connectivity index (χ4v) is 1.32. The number of aromatic nitrogens is 4. The van der Waals surface area contributed by atoms with Crippen LogP contribution in [0, 0.1) is 0 Å². The van der Waals surface area contributed by atoms with Gasteiger partial charge in [0.05, 0.1) is 12.6 Å². The van der Waals surface area contributed by atoms with E-state index in [2.05, 4.69) is 15.4 Å². The van der Waals surface area contributed by atoms with Gasteiger partial charge in [0.25, 0.3) is 0 Å². The molecule has 0 amide bonds. The van der Waals surface area contributed by atoms with Crippen LogP contribution in [0.2, 0.25) is 0 Å². The van der Waals surface area contributed by atoms with Crippen molar-refractivity contribution in [3.05, 3.63) is 29.8 Å². The summed E-state index contributed by atoms with van der Waals surface area (Å²) in [6.07, 6.45) is -4.42. The fraction of sp³-hybridized carbons (Fsp3) is 0.222. The number of tetrazole rings is 1. The molecule has 0 saturated carbocycles. The summed E-state index contributed by atoms with van der Waals surface area (Å²) in [4.78, 5) is 1.11. The Morgan fingerprint density at radius 2 is 1.88 bits per heavy atom. The van der Waals surface area contributed by atoms with Crippen LogP contribution in [0.15, 0.2) is 24.3 Å². The van der Waals surface area contributed by atoms with E-state index in [4.69, 9.17) is 0 Å². The zero-order valence-electron chi connectivity index (χ0n) is 8.23. The van der Waals surface area contributed by atoms with Gasteiger partial charge in [-0.05, 0) is 11.3 Å². The first-order valence-corrected chi connectivity index (χ1v) is 4.39. The number of hydrogen-bond donors (Lipinski definition) is 0. The number of nitrogens with zero attached hydrogens (tertiary/aromatic N) is 4. The molecule has 0 unspecified atom stereocenters. The molecule has 0 spiro atoms. The molecule has 0 aliphatic heterocycles. The quantitative estimate of drug-likeness (QED) is 0.748. The Labute approximate surface area is 88.7 Å². The van der Waals surface area contributed by atoms with Crippen molar-refractivity contribution in [1.82, 2.24) is 20.2 Å². The van der Waals surface area contributed by atoms with Crippen molar-refractivity contribution in [2.75, 3.05) is 0 Å². The van der Waals surface area contributed by atoms with Crippen molar-refractivity contribution >= 4 is 0 Å². The second kappa shape index (κ2) is 3.58. The van der Waals surface area contributed by atoms with Gasteiger partial charge < -0.3 is 0 Å². The molecule has 2 aromatic rings. The van der Waals surface area contributed by atoms with Crippen LogP contribution >= 0.6 is 0 Å². The van der Waals surface area contributed by atoms with E-state index >= 15 is 0 Å². The second-order valence-corrected chi connectivity index (χ2v) is 3.15. The van der Waals surface area contributed by atoms with Crippen LogP contribution in [-0.4, -0.2) is 20.2 Å². The molecule has 0 atom stereocenters. The lowest BCUT2D eigenvalue weighted by atomic mass is 10.1. The van der Waals surface area contributed by atoms with Crippen LogP contribution in [-0.2, 0) is 13.2 Å². The number of halogens is 3. The summed E-state index contributed by atoms with van der Waals surface area (Å²) >= 11 is 0. The standard InChI is InChI=1S/C9H7F3N4/c1-16-14-8(13-15-16)6-4-2-3-5-7(6)9(10,11)12/h2-5H,1H3. The van der Waals surface area contributed by atoms with E-state index in [1.807, 2.05) is 0 Å². The summed E-state index contributed by atoms with van der Waals surface area (Å²) in [6, 6.07) is 5.13. The summed E-state index contributed by atoms with van der Waals surface area (Å²) in [5, 5.41) is 10.8. The molecule has 0 aliphatic carbocycles. The maximum atomic E-state index is 12.7. The molecule has 16 heavy (non-hydrogen) atoms. The molecule has 7 heteroatoms.